The number of amides is 1. The van der Waals surface area contributed by atoms with Crippen molar-refractivity contribution >= 4 is 11.6 Å². The van der Waals surface area contributed by atoms with Crippen LogP contribution < -0.4 is 14.8 Å². The Kier molecular flexibility index (Phi) is 5.36. The maximum Gasteiger partial charge on any atom is 0.387 e. The van der Waals surface area contributed by atoms with Crippen molar-refractivity contribution < 1.29 is 23.0 Å². The molecule has 0 spiro atoms. The van der Waals surface area contributed by atoms with Gasteiger partial charge in [0.05, 0.1) is 7.11 Å². The molecule has 0 radical (unpaired) electrons. The van der Waals surface area contributed by atoms with Crippen LogP contribution in [0.5, 0.6) is 11.5 Å². The fraction of sp³-hybridized carbons (Fsp3) is 0.533. The van der Waals surface area contributed by atoms with Crippen LogP contribution in [0.25, 0.3) is 0 Å². The number of anilines is 1. The molecule has 0 atom stereocenters. The normalized spacial score (nSPS) is 15.8. The predicted octanol–water partition coefficient (Wildman–Crippen LogP) is 3.82. The minimum atomic E-state index is -2.94. The Bertz CT molecular complexity index is 488. The number of alkyl halides is 2. The lowest BCUT2D eigenvalue weighted by Crippen LogP contribution is -2.24. The van der Waals surface area contributed by atoms with Gasteiger partial charge in [0.15, 0.2) is 11.5 Å². The van der Waals surface area contributed by atoms with Crippen molar-refractivity contribution in [3.63, 3.8) is 0 Å². The first-order valence-corrected chi connectivity index (χ1v) is 7.04. The summed E-state index contributed by atoms with van der Waals surface area (Å²) < 4.78 is 34.1. The highest BCUT2D eigenvalue weighted by Gasteiger charge is 2.21. The average molecular weight is 299 g/mol. The number of hydrogen-bond donors (Lipinski definition) is 1. The molecule has 0 aliphatic heterocycles. The standard InChI is InChI=1S/C15H19F2NO3/c1-20-12-8-7-11(9-13(12)21-15(16)17)18-14(19)10-5-3-2-4-6-10/h7-10,15H,2-6H2,1H3,(H,18,19). The van der Waals surface area contributed by atoms with Gasteiger partial charge in [-0.25, -0.2) is 0 Å². The van der Waals surface area contributed by atoms with Crippen LogP contribution in [0.15, 0.2) is 18.2 Å². The number of halogens is 2. The number of nitrogens with one attached hydrogen (secondary N) is 1. The van der Waals surface area contributed by atoms with Gasteiger partial charge >= 0.3 is 6.61 Å². The number of benzene rings is 1. The zero-order valence-electron chi connectivity index (χ0n) is 11.9. The number of ether oxygens (including phenoxy) is 2. The molecule has 1 N–H and O–H groups in total. The Hall–Kier alpha value is -1.85. The van der Waals surface area contributed by atoms with Crippen LogP contribution >= 0.6 is 0 Å². The average Bonchev–Trinajstić information content (AvgIpc) is 2.48. The van der Waals surface area contributed by atoms with Crippen molar-refractivity contribution in [1.82, 2.24) is 0 Å². The molecule has 0 bridgehead atoms. The van der Waals surface area contributed by atoms with Gasteiger partial charge in [-0.3, -0.25) is 4.79 Å². The number of carbonyl (C=O) groups excluding carboxylic acids is 1. The molecule has 6 heteroatoms. The van der Waals surface area contributed by atoms with E-state index in [0.29, 0.717) is 5.69 Å². The minimum absolute atomic E-state index is 0.000295. The summed E-state index contributed by atoms with van der Waals surface area (Å²) in [5.41, 5.74) is 0.432. The van der Waals surface area contributed by atoms with E-state index in [9.17, 15) is 13.6 Å². The monoisotopic (exact) mass is 299 g/mol. The van der Waals surface area contributed by atoms with Crippen LogP contribution in [0, 0.1) is 5.92 Å². The predicted molar refractivity (Wildman–Crippen MR) is 74.8 cm³/mol. The summed E-state index contributed by atoms with van der Waals surface area (Å²) in [4.78, 5) is 12.1. The summed E-state index contributed by atoms with van der Waals surface area (Å²) in [5.74, 6) is 0.0445. The van der Waals surface area contributed by atoms with Gasteiger partial charge in [-0.1, -0.05) is 19.3 Å². The van der Waals surface area contributed by atoms with E-state index in [1.54, 1.807) is 6.07 Å². The third kappa shape index (κ3) is 4.31. The molecule has 4 nitrogen and oxygen atoms in total. The van der Waals surface area contributed by atoms with Gasteiger partial charge < -0.3 is 14.8 Å². The lowest BCUT2D eigenvalue weighted by atomic mass is 9.88. The third-order valence-electron chi connectivity index (χ3n) is 3.62. The van der Waals surface area contributed by atoms with Crippen molar-refractivity contribution in [3.8, 4) is 11.5 Å². The quantitative estimate of drug-likeness (QED) is 0.899. The largest absolute Gasteiger partial charge is 0.493 e. The second-order valence-electron chi connectivity index (χ2n) is 5.07. The van der Waals surface area contributed by atoms with Crippen molar-refractivity contribution in [3.05, 3.63) is 18.2 Å². The molecular formula is C15H19F2NO3. The zero-order chi connectivity index (χ0) is 15.2. The Labute approximate surface area is 122 Å². The van der Waals surface area contributed by atoms with Crippen molar-refractivity contribution in [2.75, 3.05) is 12.4 Å². The fourth-order valence-electron chi connectivity index (χ4n) is 2.55. The summed E-state index contributed by atoms with van der Waals surface area (Å²) in [6, 6.07) is 4.46. The van der Waals surface area contributed by atoms with Gasteiger partial charge in [0, 0.05) is 17.7 Å². The third-order valence-corrected chi connectivity index (χ3v) is 3.62. The highest BCUT2D eigenvalue weighted by atomic mass is 19.3. The SMILES string of the molecule is COc1ccc(NC(=O)C2CCCCC2)cc1OC(F)F. The number of rotatable bonds is 5. The summed E-state index contributed by atoms with van der Waals surface area (Å²) in [6.07, 6.45) is 5.03. The van der Waals surface area contributed by atoms with Crippen molar-refractivity contribution in [2.45, 2.75) is 38.7 Å². The Morgan fingerprint density at radius 2 is 1.95 bits per heavy atom. The lowest BCUT2D eigenvalue weighted by Gasteiger charge is -2.21. The van der Waals surface area contributed by atoms with Gasteiger partial charge in [-0.05, 0) is 25.0 Å². The van der Waals surface area contributed by atoms with E-state index in [4.69, 9.17) is 4.74 Å². The van der Waals surface area contributed by atoms with Gasteiger partial charge in [0.2, 0.25) is 5.91 Å². The molecule has 1 amide bonds. The van der Waals surface area contributed by atoms with E-state index >= 15 is 0 Å². The highest BCUT2D eigenvalue weighted by molar-refractivity contribution is 5.92. The van der Waals surface area contributed by atoms with Crippen LogP contribution in [0.3, 0.4) is 0 Å². The molecule has 0 heterocycles. The molecule has 0 unspecified atom stereocenters. The summed E-state index contributed by atoms with van der Waals surface area (Å²) in [7, 11) is 1.37. The number of hydrogen-bond acceptors (Lipinski definition) is 3. The number of carbonyl (C=O) groups is 1. The van der Waals surface area contributed by atoms with Crippen molar-refractivity contribution in [2.24, 2.45) is 5.92 Å². The van der Waals surface area contributed by atoms with Crippen LogP contribution in [-0.4, -0.2) is 19.6 Å². The lowest BCUT2D eigenvalue weighted by molar-refractivity contribution is -0.120. The van der Waals surface area contributed by atoms with E-state index in [-0.39, 0.29) is 23.3 Å². The Balaban J connectivity index is 2.07. The number of methoxy groups -OCH3 is 1. The van der Waals surface area contributed by atoms with Crippen LogP contribution in [0.1, 0.15) is 32.1 Å². The van der Waals surface area contributed by atoms with Gasteiger partial charge in [-0.2, -0.15) is 8.78 Å². The zero-order valence-corrected chi connectivity index (χ0v) is 11.9. The van der Waals surface area contributed by atoms with Gasteiger partial charge in [0.25, 0.3) is 0 Å². The summed E-state index contributed by atoms with van der Waals surface area (Å²) in [6.45, 7) is -2.94. The second kappa shape index (κ2) is 7.24. The molecule has 1 aliphatic carbocycles. The molecule has 0 aromatic heterocycles. The van der Waals surface area contributed by atoms with E-state index in [0.717, 1.165) is 25.7 Å². The first-order chi connectivity index (χ1) is 10.1. The molecule has 2 rings (SSSR count). The van der Waals surface area contributed by atoms with E-state index in [1.807, 2.05) is 0 Å². The van der Waals surface area contributed by atoms with Gasteiger partial charge in [0.1, 0.15) is 0 Å². The maximum atomic E-state index is 12.4. The molecule has 0 saturated heterocycles. The highest BCUT2D eigenvalue weighted by Crippen LogP contribution is 2.32. The maximum absolute atomic E-state index is 12.4. The second-order valence-corrected chi connectivity index (χ2v) is 5.07. The van der Waals surface area contributed by atoms with E-state index in [2.05, 4.69) is 10.1 Å². The van der Waals surface area contributed by atoms with Crippen LogP contribution in [-0.2, 0) is 4.79 Å². The minimum Gasteiger partial charge on any atom is -0.493 e. The molecule has 116 valence electrons. The molecule has 1 aromatic rings. The smallest absolute Gasteiger partial charge is 0.387 e. The van der Waals surface area contributed by atoms with Gasteiger partial charge in [-0.15, -0.1) is 0 Å². The van der Waals surface area contributed by atoms with E-state index < -0.39 is 6.61 Å². The van der Waals surface area contributed by atoms with Crippen LogP contribution in [0.4, 0.5) is 14.5 Å². The first kappa shape index (κ1) is 15.5. The molecule has 1 aromatic carbocycles. The summed E-state index contributed by atoms with van der Waals surface area (Å²) in [5, 5.41) is 2.76. The molecule has 1 fully saturated rings. The van der Waals surface area contributed by atoms with Crippen LogP contribution in [0.2, 0.25) is 0 Å². The molecule has 21 heavy (non-hydrogen) atoms. The summed E-state index contributed by atoms with van der Waals surface area (Å²) >= 11 is 0. The topological polar surface area (TPSA) is 47.6 Å². The Morgan fingerprint density at radius 3 is 2.57 bits per heavy atom. The molecular weight excluding hydrogens is 280 g/mol. The Morgan fingerprint density at radius 1 is 1.24 bits per heavy atom. The van der Waals surface area contributed by atoms with E-state index in [1.165, 1.54) is 25.7 Å². The van der Waals surface area contributed by atoms with Crippen molar-refractivity contribution in [1.29, 1.82) is 0 Å². The fourth-order valence-corrected chi connectivity index (χ4v) is 2.55. The molecule has 1 saturated carbocycles. The molecule has 1 aliphatic rings. The first-order valence-electron chi connectivity index (χ1n) is 7.04.